The van der Waals surface area contributed by atoms with Gasteiger partial charge in [-0.2, -0.15) is 0 Å². The molecule has 6 heteroatoms. The Kier molecular flexibility index (Phi) is 3.78. The van der Waals surface area contributed by atoms with Crippen molar-refractivity contribution in [2.75, 3.05) is 6.61 Å². The van der Waals surface area contributed by atoms with Gasteiger partial charge in [0.05, 0.1) is 6.54 Å². The second kappa shape index (κ2) is 5.50. The van der Waals surface area contributed by atoms with Crippen LogP contribution in [0.2, 0.25) is 0 Å². The summed E-state index contributed by atoms with van der Waals surface area (Å²) in [5.74, 6) is -0.716. The molecule has 0 radical (unpaired) electrons. The minimum Gasteiger partial charge on any atom is -0.491 e. The largest absolute Gasteiger partial charge is 0.491 e. The van der Waals surface area contributed by atoms with Crippen molar-refractivity contribution < 1.29 is 14.6 Å². The molecular formula is C12H11NO4S. The lowest BCUT2D eigenvalue weighted by atomic mass is 10.2. The summed E-state index contributed by atoms with van der Waals surface area (Å²) >= 11 is 1.12. The maximum atomic E-state index is 11.3. The van der Waals surface area contributed by atoms with Crippen molar-refractivity contribution in [3.8, 4) is 5.75 Å². The van der Waals surface area contributed by atoms with Crippen molar-refractivity contribution in [3.63, 3.8) is 0 Å². The molecule has 0 amide bonds. The fraction of sp³-hybridized carbons (Fsp3) is 0.167. The smallest absolute Gasteiger partial charge is 0.339 e. The molecule has 0 spiro atoms. The average molecular weight is 265 g/mol. The van der Waals surface area contributed by atoms with Gasteiger partial charge in [-0.25, -0.2) is 4.79 Å². The number of carboxylic acid groups (broad SMARTS) is 1. The minimum absolute atomic E-state index is 0.0508. The Balaban J connectivity index is 2.01. The number of benzene rings is 1. The van der Waals surface area contributed by atoms with Crippen molar-refractivity contribution in [2.24, 2.45) is 0 Å². The molecule has 1 aromatic heterocycles. The van der Waals surface area contributed by atoms with Gasteiger partial charge in [-0.05, 0) is 12.1 Å². The maximum Gasteiger partial charge on any atom is 0.339 e. The molecule has 94 valence electrons. The fourth-order valence-electron chi connectivity index (χ4n) is 1.48. The van der Waals surface area contributed by atoms with Gasteiger partial charge >= 0.3 is 10.8 Å². The third-order valence-electron chi connectivity index (χ3n) is 2.35. The predicted octanol–water partition coefficient (Wildman–Crippen LogP) is 1.69. The van der Waals surface area contributed by atoms with E-state index in [4.69, 9.17) is 9.84 Å². The molecule has 0 unspecified atom stereocenters. The lowest BCUT2D eigenvalue weighted by molar-refractivity contribution is 0.0692. The van der Waals surface area contributed by atoms with Crippen molar-refractivity contribution in [1.82, 2.24) is 4.57 Å². The number of carbonyl (C=O) groups is 1. The van der Waals surface area contributed by atoms with Crippen molar-refractivity contribution >= 4 is 17.3 Å². The SMILES string of the molecule is O=C(O)c1ccccc1OCCn1ccsc1=O. The number of thiazole rings is 1. The van der Waals surface area contributed by atoms with E-state index in [1.165, 1.54) is 10.6 Å². The molecule has 2 aromatic rings. The molecule has 18 heavy (non-hydrogen) atoms. The minimum atomic E-state index is -1.03. The number of ether oxygens (including phenoxy) is 1. The lowest BCUT2D eigenvalue weighted by Crippen LogP contribution is -2.17. The number of hydrogen-bond acceptors (Lipinski definition) is 4. The normalized spacial score (nSPS) is 10.2. The molecule has 0 bridgehead atoms. The predicted molar refractivity (Wildman–Crippen MR) is 67.5 cm³/mol. The molecule has 0 aliphatic carbocycles. The van der Waals surface area contributed by atoms with Crippen molar-refractivity contribution in [1.29, 1.82) is 0 Å². The highest BCUT2D eigenvalue weighted by Gasteiger charge is 2.09. The van der Waals surface area contributed by atoms with E-state index < -0.39 is 5.97 Å². The van der Waals surface area contributed by atoms with Gasteiger partial charge in [-0.1, -0.05) is 23.5 Å². The van der Waals surface area contributed by atoms with Gasteiger partial charge < -0.3 is 14.4 Å². The summed E-state index contributed by atoms with van der Waals surface area (Å²) < 4.78 is 6.91. The molecule has 0 saturated heterocycles. The standard InChI is InChI=1S/C12H11NO4S/c14-11(15)9-3-1-2-4-10(9)17-7-5-13-6-8-18-12(13)16/h1-4,6,8H,5,7H2,(H,14,15). The monoisotopic (exact) mass is 265 g/mol. The Morgan fingerprint density at radius 2 is 2.17 bits per heavy atom. The second-order valence-electron chi connectivity index (χ2n) is 3.51. The molecule has 0 aliphatic heterocycles. The van der Waals surface area contributed by atoms with Crippen LogP contribution in [0.3, 0.4) is 0 Å². The number of aromatic nitrogens is 1. The van der Waals surface area contributed by atoms with E-state index in [1.54, 1.807) is 29.8 Å². The third-order valence-corrected chi connectivity index (χ3v) is 3.05. The molecule has 0 atom stereocenters. The van der Waals surface area contributed by atoms with Gasteiger partial charge in [0, 0.05) is 11.6 Å². The third kappa shape index (κ3) is 2.78. The first-order valence-electron chi connectivity index (χ1n) is 5.27. The molecule has 0 saturated carbocycles. The Morgan fingerprint density at radius 3 is 2.83 bits per heavy atom. The zero-order chi connectivity index (χ0) is 13.0. The highest BCUT2D eigenvalue weighted by Crippen LogP contribution is 2.17. The van der Waals surface area contributed by atoms with Crippen LogP contribution in [0.15, 0.2) is 40.6 Å². The van der Waals surface area contributed by atoms with E-state index in [-0.39, 0.29) is 17.0 Å². The molecule has 5 nitrogen and oxygen atoms in total. The van der Waals surface area contributed by atoms with E-state index >= 15 is 0 Å². The molecule has 0 aliphatic rings. The lowest BCUT2D eigenvalue weighted by Gasteiger charge is -2.08. The summed E-state index contributed by atoms with van der Waals surface area (Å²) in [6.07, 6.45) is 1.68. The first-order chi connectivity index (χ1) is 8.68. The summed E-state index contributed by atoms with van der Waals surface area (Å²) in [6, 6.07) is 6.42. The molecule has 1 aromatic carbocycles. The maximum absolute atomic E-state index is 11.3. The Morgan fingerprint density at radius 1 is 1.39 bits per heavy atom. The van der Waals surface area contributed by atoms with Crippen molar-refractivity contribution in [3.05, 3.63) is 51.1 Å². The summed E-state index contributed by atoms with van der Waals surface area (Å²) in [5, 5.41) is 10.7. The number of rotatable bonds is 5. The van der Waals surface area contributed by atoms with Crippen LogP contribution >= 0.6 is 11.3 Å². The van der Waals surface area contributed by atoms with Crippen LogP contribution in [0.5, 0.6) is 5.75 Å². The van der Waals surface area contributed by atoms with Gasteiger partial charge in [-0.15, -0.1) is 0 Å². The van der Waals surface area contributed by atoms with Gasteiger partial charge in [-0.3, -0.25) is 4.79 Å². The molecule has 1 heterocycles. The average Bonchev–Trinajstić information content (AvgIpc) is 2.76. The summed E-state index contributed by atoms with van der Waals surface area (Å²) in [4.78, 5) is 22.2. The zero-order valence-corrected chi connectivity index (χ0v) is 10.2. The van der Waals surface area contributed by atoms with Crippen LogP contribution in [-0.2, 0) is 6.54 Å². The van der Waals surface area contributed by atoms with E-state index in [2.05, 4.69) is 0 Å². The van der Waals surface area contributed by atoms with Gasteiger partial charge in [0.1, 0.15) is 17.9 Å². The summed E-state index contributed by atoms with van der Waals surface area (Å²) in [6.45, 7) is 0.650. The number of aromatic carboxylic acids is 1. The van der Waals surface area contributed by atoms with Gasteiger partial charge in [0.25, 0.3) is 0 Å². The van der Waals surface area contributed by atoms with Gasteiger partial charge in [0.2, 0.25) is 0 Å². The Labute approximate surface area is 107 Å². The topological polar surface area (TPSA) is 68.5 Å². The quantitative estimate of drug-likeness (QED) is 0.893. The van der Waals surface area contributed by atoms with E-state index in [0.29, 0.717) is 12.3 Å². The zero-order valence-electron chi connectivity index (χ0n) is 9.41. The number of para-hydroxylation sites is 1. The van der Waals surface area contributed by atoms with Gasteiger partial charge in [0.15, 0.2) is 0 Å². The van der Waals surface area contributed by atoms with Crippen molar-refractivity contribution in [2.45, 2.75) is 6.54 Å². The number of nitrogens with zero attached hydrogens (tertiary/aromatic N) is 1. The summed E-state index contributed by atoms with van der Waals surface area (Å²) in [7, 11) is 0. The van der Waals surface area contributed by atoms with Crippen LogP contribution in [0.4, 0.5) is 0 Å². The molecule has 1 N–H and O–H groups in total. The molecule has 0 fully saturated rings. The highest BCUT2D eigenvalue weighted by molar-refractivity contribution is 7.07. The van der Waals surface area contributed by atoms with E-state index in [0.717, 1.165) is 11.3 Å². The Bertz CT molecular complexity index is 602. The fourth-order valence-corrected chi connectivity index (χ4v) is 2.09. The molecule has 2 rings (SSSR count). The first kappa shape index (κ1) is 12.4. The van der Waals surface area contributed by atoms with E-state index in [1.807, 2.05) is 0 Å². The van der Waals surface area contributed by atoms with Crippen LogP contribution in [0.25, 0.3) is 0 Å². The highest BCUT2D eigenvalue weighted by atomic mass is 32.1. The van der Waals surface area contributed by atoms with Crippen LogP contribution < -0.4 is 9.61 Å². The van der Waals surface area contributed by atoms with Crippen LogP contribution in [-0.4, -0.2) is 22.2 Å². The first-order valence-corrected chi connectivity index (χ1v) is 6.15. The number of hydrogen-bond donors (Lipinski definition) is 1. The Hall–Kier alpha value is -2.08. The molecular weight excluding hydrogens is 254 g/mol. The van der Waals surface area contributed by atoms with Crippen LogP contribution in [0, 0.1) is 0 Å². The summed E-state index contributed by atoms with van der Waals surface area (Å²) in [5.41, 5.74) is 0.121. The second-order valence-corrected chi connectivity index (χ2v) is 4.37. The van der Waals surface area contributed by atoms with E-state index in [9.17, 15) is 9.59 Å². The van der Waals surface area contributed by atoms with Crippen LogP contribution in [0.1, 0.15) is 10.4 Å². The number of carboxylic acids is 1.